The van der Waals surface area contributed by atoms with E-state index in [9.17, 15) is 14.7 Å². The summed E-state index contributed by atoms with van der Waals surface area (Å²) in [7, 11) is 0. The second-order valence-corrected chi connectivity index (χ2v) is 7.69. The Morgan fingerprint density at radius 2 is 1.72 bits per heavy atom. The van der Waals surface area contributed by atoms with E-state index in [4.69, 9.17) is 0 Å². The van der Waals surface area contributed by atoms with Crippen LogP contribution in [0.15, 0.2) is 60.8 Å². The predicted molar refractivity (Wildman–Crippen MR) is 109 cm³/mol. The molecule has 1 aromatic heterocycles. The summed E-state index contributed by atoms with van der Waals surface area (Å²) in [5.74, 6) is -1.29. The molecule has 0 saturated carbocycles. The van der Waals surface area contributed by atoms with E-state index in [0.29, 0.717) is 6.42 Å². The number of benzene rings is 2. The van der Waals surface area contributed by atoms with Crippen molar-refractivity contribution < 1.29 is 14.7 Å². The van der Waals surface area contributed by atoms with Crippen LogP contribution in [0.25, 0.3) is 11.1 Å². The quantitative estimate of drug-likeness (QED) is 0.545. The Morgan fingerprint density at radius 1 is 1.07 bits per heavy atom. The molecule has 150 valence electrons. The number of aliphatic carboxylic acids is 1. The molecule has 0 aliphatic heterocycles. The van der Waals surface area contributed by atoms with Crippen LogP contribution in [0.4, 0.5) is 0 Å². The summed E-state index contributed by atoms with van der Waals surface area (Å²) in [6.45, 7) is 3.31. The topological polar surface area (TPSA) is 108 Å². The molecule has 3 aromatic rings. The highest BCUT2D eigenvalue weighted by atomic mass is 16.4. The zero-order valence-corrected chi connectivity index (χ0v) is 16.4. The minimum absolute atomic E-state index is 0.169. The van der Waals surface area contributed by atoms with E-state index in [2.05, 4.69) is 20.7 Å². The highest BCUT2D eigenvalue weighted by Crippen LogP contribution is 2.25. The third kappa shape index (κ3) is 5.28. The number of amides is 1. The Balaban J connectivity index is 1.76. The van der Waals surface area contributed by atoms with Gasteiger partial charge in [0, 0.05) is 6.04 Å². The van der Waals surface area contributed by atoms with E-state index in [0.717, 1.165) is 16.7 Å². The van der Waals surface area contributed by atoms with Crippen molar-refractivity contribution in [1.82, 2.24) is 20.7 Å². The van der Waals surface area contributed by atoms with Gasteiger partial charge in [0.1, 0.15) is 0 Å². The molecule has 0 aliphatic carbocycles. The number of nitrogens with one attached hydrogen (secondary N) is 2. The molecule has 3 N–H and O–H groups in total. The molecular weight excluding hydrogens is 368 g/mol. The fraction of sp³-hybridized carbons (Fsp3) is 0.273. The molecule has 29 heavy (non-hydrogen) atoms. The van der Waals surface area contributed by atoms with Crippen LogP contribution in [0.5, 0.6) is 0 Å². The maximum absolute atomic E-state index is 12.4. The molecule has 0 spiro atoms. The van der Waals surface area contributed by atoms with Crippen molar-refractivity contribution in [3.8, 4) is 11.1 Å². The van der Waals surface area contributed by atoms with E-state index >= 15 is 0 Å². The van der Waals surface area contributed by atoms with E-state index < -0.39 is 11.4 Å². The standard InChI is InChI=1S/C22H24N4O3/c1-22(2,21(28)29)13-18(24-20(27)19-14-23-26-25-19)12-15-8-10-17(11-9-15)16-6-4-3-5-7-16/h3-11,14,18H,12-13H2,1-2H3,(H,24,27)(H,28,29)(H,23,25,26)/t18-/m1/s1. The van der Waals surface area contributed by atoms with Crippen LogP contribution in [0.2, 0.25) is 0 Å². The van der Waals surface area contributed by atoms with Crippen molar-refractivity contribution in [3.63, 3.8) is 0 Å². The molecule has 0 fully saturated rings. The van der Waals surface area contributed by atoms with Crippen LogP contribution in [0.1, 0.15) is 36.3 Å². The number of carbonyl (C=O) groups is 2. The van der Waals surface area contributed by atoms with Crippen molar-refractivity contribution in [2.24, 2.45) is 5.41 Å². The van der Waals surface area contributed by atoms with Gasteiger partial charge in [-0.25, -0.2) is 0 Å². The first-order valence-electron chi connectivity index (χ1n) is 9.39. The average molecular weight is 392 g/mol. The van der Waals surface area contributed by atoms with Crippen molar-refractivity contribution >= 4 is 11.9 Å². The number of carboxylic acids is 1. The zero-order chi connectivity index (χ0) is 20.9. The molecule has 0 unspecified atom stereocenters. The second-order valence-electron chi connectivity index (χ2n) is 7.69. The molecular formula is C22H24N4O3. The molecule has 1 atom stereocenters. The van der Waals surface area contributed by atoms with Crippen molar-refractivity contribution in [1.29, 1.82) is 0 Å². The van der Waals surface area contributed by atoms with Gasteiger partial charge in [0.15, 0.2) is 5.69 Å². The molecule has 0 aliphatic rings. The Morgan fingerprint density at radius 3 is 2.31 bits per heavy atom. The fourth-order valence-electron chi connectivity index (χ4n) is 3.20. The largest absolute Gasteiger partial charge is 0.481 e. The zero-order valence-electron chi connectivity index (χ0n) is 16.4. The Hall–Kier alpha value is -3.48. The summed E-state index contributed by atoms with van der Waals surface area (Å²) < 4.78 is 0. The minimum atomic E-state index is -0.980. The van der Waals surface area contributed by atoms with Gasteiger partial charge in [-0.1, -0.05) is 54.6 Å². The van der Waals surface area contributed by atoms with E-state index in [-0.39, 0.29) is 24.1 Å². The van der Waals surface area contributed by atoms with E-state index in [1.165, 1.54) is 6.20 Å². The molecule has 3 rings (SSSR count). The first-order valence-corrected chi connectivity index (χ1v) is 9.39. The molecule has 0 saturated heterocycles. The number of hydrogen-bond donors (Lipinski definition) is 3. The van der Waals surface area contributed by atoms with Crippen LogP contribution in [0.3, 0.4) is 0 Å². The number of carboxylic acid groups (broad SMARTS) is 1. The maximum Gasteiger partial charge on any atom is 0.309 e. The highest BCUT2D eigenvalue weighted by molar-refractivity contribution is 5.92. The van der Waals surface area contributed by atoms with Crippen LogP contribution < -0.4 is 5.32 Å². The van der Waals surface area contributed by atoms with E-state index in [1.807, 2.05) is 54.6 Å². The smallest absolute Gasteiger partial charge is 0.309 e. The van der Waals surface area contributed by atoms with Gasteiger partial charge in [0.2, 0.25) is 0 Å². The predicted octanol–water partition coefficient (Wildman–Crippen LogP) is 3.31. The fourth-order valence-corrected chi connectivity index (χ4v) is 3.20. The first kappa shape index (κ1) is 20.3. The Bertz CT molecular complexity index is 951. The molecule has 1 amide bonds. The Labute approximate surface area is 169 Å². The SMILES string of the molecule is CC(C)(C[C@@H](Cc1ccc(-c2ccccc2)cc1)NC(=O)c1cn[nH]n1)C(=O)O. The highest BCUT2D eigenvalue weighted by Gasteiger charge is 2.31. The number of rotatable bonds is 8. The van der Waals surface area contributed by atoms with Gasteiger partial charge < -0.3 is 10.4 Å². The molecule has 0 bridgehead atoms. The monoisotopic (exact) mass is 392 g/mol. The van der Waals surface area contributed by atoms with Crippen LogP contribution >= 0.6 is 0 Å². The average Bonchev–Trinajstić information content (AvgIpc) is 3.24. The summed E-state index contributed by atoms with van der Waals surface area (Å²) in [6.07, 6.45) is 2.13. The molecule has 1 heterocycles. The number of carbonyl (C=O) groups excluding carboxylic acids is 1. The van der Waals surface area contributed by atoms with Gasteiger partial charge in [0.25, 0.3) is 5.91 Å². The number of hydrogen-bond acceptors (Lipinski definition) is 4. The van der Waals surface area contributed by atoms with Gasteiger partial charge in [-0.2, -0.15) is 15.4 Å². The normalized spacial score (nSPS) is 12.3. The molecule has 7 nitrogen and oxygen atoms in total. The van der Waals surface area contributed by atoms with Crippen LogP contribution in [-0.2, 0) is 11.2 Å². The number of aromatic nitrogens is 3. The summed E-state index contributed by atoms with van der Waals surface area (Å²) >= 11 is 0. The molecule has 2 aromatic carbocycles. The number of aromatic amines is 1. The molecule has 0 radical (unpaired) electrons. The summed E-state index contributed by atoms with van der Waals surface area (Å²) in [6, 6.07) is 17.8. The lowest BCUT2D eigenvalue weighted by atomic mass is 9.83. The second kappa shape index (κ2) is 8.68. The minimum Gasteiger partial charge on any atom is -0.481 e. The Kier molecular flexibility index (Phi) is 6.07. The van der Waals surface area contributed by atoms with Crippen LogP contribution in [-0.4, -0.2) is 38.4 Å². The van der Waals surface area contributed by atoms with Gasteiger partial charge in [-0.05, 0) is 43.4 Å². The van der Waals surface area contributed by atoms with Gasteiger partial charge >= 0.3 is 5.97 Å². The van der Waals surface area contributed by atoms with Crippen molar-refractivity contribution in [2.75, 3.05) is 0 Å². The maximum atomic E-state index is 12.4. The molecule has 7 heteroatoms. The number of H-pyrrole nitrogens is 1. The third-order valence-corrected chi connectivity index (χ3v) is 4.86. The summed E-state index contributed by atoms with van der Waals surface area (Å²) in [4.78, 5) is 24.0. The van der Waals surface area contributed by atoms with Crippen molar-refractivity contribution in [2.45, 2.75) is 32.7 Å². The van der Waals surface area contributed by atoms with Gasteiger partial charge in [-0.15, -0.1) is 0 Å². The number of nitrogens with zero attached hydrogens (tertiary/aromatic N) is 2. The third-order valence-electron chi connectivity index (χ3n) is 4.86. The lowest BCUT2D eigenvalue weighted by molar-refractivity contribution is -0.147. The summed E-state index contributed by atoms with van der Waals surface area (Å²) in [5.41, 5.74) is 2.43. The van der Waals surface area contributed by atoms with Gasteiger partial charge in [0.05, 0.1) is 11.6 Å². The van der Waals surface area contributed by atoms with Crippen LogP contribution in [0, 0.1) is 5.41 Å². The summed E-state index contributed by atoms with van der Waals surface area (Å²) in [5, 5.41) is 22.2. The van der Waals surface area contributed by atoms with E-state index in [1.54, 1.807) is 13.8 Å². The lowest BCUT2D eigenvalue weighted by Crippen LogP contribution is -2.41. The van der Waals surface area contributed by atoms with Crippen molar-refractivity contribution in [3.05, 3.63) is 72.1 Å². The van der Waals surface area contributed by atoms with Gasteiger partial charge in [-0.3, -0.25) is 9.59 Å². The lowest BCUT2D eigenvalue weighted by Gasteiger charge is -2.27. The first-order chi connectivity index (χ1) is 13.8.